The molecule has 0 aliphatic carbocycles. The fraction of sp³-hybridized carbons (Fsp3) is 0.611. The second-order valence-corrected chi connectivity index (χ2v) is 7.99. The summed E-state index contributed by atoms with van der Waals surface area (Å²) in [6.45, 7) is 8.31. The highest BCUT2D eigenvalue weighted by Crippen LogP contribution is 2.36. The Bertz CT molecular complexity index is 688. The van der Waals surface area contributed by atoms with E-state index in [1.807, 2.05) is 20.8 Å². The molecule has 1 atom stereocenters. The van der Waals surface area contributed by atoms with Crippen LogP contribution in [0, 0.1) is 17.0 Å². The van der Waals surface area contributed by atoms with E-state index in [1.54, 1.807) is 17.9 Å². The summed E-state index contributed by atoms with van der Waals surface area (Å²) in [4.78, 5) is 25.0. The van der Waals surface area contributed by atoms with E-state index in [0.717, 1.165) is 24.8 Å². The van der Waals surface area contributed by atoms with E-state index < -0.39 is 10.5 Å². The van der Waals surface area contributed by atoms with Crippen LogP contribution in [-0.2, 0) is 4.74 Å². The van der Waals surface area contributed by atoms with Gasteiger partial charge in [0.25, 0.3) is 5.69 Å². The second kappa shape index (κ2) is 8.12. The third-order valence-corrected chi connectivity index (χ3v) is 4.67. The number of likely N-dealkylation sites (tertiary alicyclic amines) is 1. The summed E-state index contributed by atoms with van der Waals surface area (Å²) in [6.07, 6.45) is 2.20. The maximum atomic E-state index is 12.4. The minimum Gasteiger partial charge on any atom is -0.444 e. The molecule has 0 aromatic heterocycles. The number of aryl methyl sites for hydroxylation is 1. The quantitative estimate of drug-likeness (QED) is 0.600. The lowest BCUT2D eigenvalue weighted by molar-refractivity contribution is -0.384. The van der Waals surface area contributed by atoms with Crippen molar-refractivity contribution >= 4 is 29.1 Å². The number of benzene rings is 1. The number of ether oxygens (including phenoxy) is 1. The summed E-state index contributed by atoms with van der Waals surface area (Å²) in [6, 6.07) is 2.94. The highest BCUT2D eigenvalue weighted by Gasteiger charge is 2.28. The van der Waals surface area contributed by atoms with Crippen molar-refractivity contribution in [2.75, 3.05) is 18.4 Å². The molecule has 1 N–H and O–H groups in total. The Hall–Kier alpha value is -2.02. The van der Waals surface area contributed by atoms with Gasteiger partial charge >= 0.3 is 6.09 Å². The van der Waals surface area contributed by atoms with Crippen molar-refractivity contribution < 1.29 is 14.5 Å². The average molecular weight is 384 g/mol. The maximum absolute atomic E-state index is 12.4. The number of carbonyl (C=O) groups is 1. The third kappa shape index (κ3) is 5.24. The van der Waals surface area contributed by atoms with E-state index in [0.29, 0.717) is 23.8 Å². The molecule has 0 radical (unpaired) electrons. The van der Waals surface area contributed by atoms with Crippen LogP contribution in [-0.4, -0.2) is 40.6 Å². The number of nitro benzene ring substituents is 1. The Balaban J connectivity index is 2.20. The van der Waals surface area contributed by atoms with E-state index in [4.69, 9.17) is 16.3 Å². The molecule has 1 aromatic rings. The van der Waals surface area contributed by atoms with Crippen molar-refractivity contribution in [3.8, 4) is 0 Å². The molecule has 1 aliphatic heterocycles. The van der Waals surface area contributed by atoms with Crippen LogP contribution >= 0.6 is 11.6 Å². The van der Waals surface area contributed by atoms with Gasteiger partial charge < -0.3 is 15.0 Å². The van der Waals surface area contributed by atoms with Gasteiger partial charge in [-0.3, -0.25) is 10.1 Å². The monoisotopic (exact) mass is 383 g/mol. The number of halogens is 1. The Morgan fingerprint density at radius 1 is 1.38 bits per heavy atom. The molecule has 1 fully saturated rings. The fourth-order valence-corrected chi connectivity index (χ4v) is 3.13. The van der Waals surface area contributed by atoms with E-state index in [9.17, 15) is 14.9 Å². The van der Waals surface area contributed by atoms with Gasteiger partial charge in [0.05, 0.1) is 9.95 Å². The minimum absolute atomic E-state index is 0.0614. The SMILES string of the molecule is Cc1ccc([N+](=O)[O-])c(N[C@@H]2CCCCN(C(=O)OC(C)(C)C)C2)c1Cl. The first-order chi connectivity index (χ1) is 12.1. The number of hydrogen-bond acceptors (Lipinski definition) is 5. The zero-order valence-electron chi connectivity index (χ0n) is 15.7. The lowest BCUT2D eigenvalue weighted by atomic mass is 10.1. The molecule has 1 aliphatic rings. The lowest BCUT2D eigenvalue weighted by Crippen LogP contribution is -2.42. The lowest BCUT2D eigenvalue weighted by Gasteiger charge is -2.29. The topological polar surface area (TPSA) is 84.7 Å². The van der Waals surface area contributed by atoms with E-state index in [2.05, 4.69) is 5.32 Å². The largest absolute Gasteiger partial charge is 0.444 e. The van der Waals surface area contributed by atoms with Gasteiger partial charge in [-0.25, -0.2) is 4.79 Å². The molecular weight excluding hydrogens is 358 g/mol. The summed E-state index contributed by atoms with van der Waals surface area (Å²) >= 11 is 6.32. The Morgan fingerprint density at radius 3 is 2.69 bits per heavy atom. The molecule has 1 amide bonds. The van der Waals surface area contributed by atoms with E-state index in [1.165, 1.54) is 6.07 Å². The zero-order chi connectivity index (χ0) is 19.5. The van der Waals surface area contributed by atoms with Crippen molar-refractivity contribution in [3.63, 3.8) is 0 Å². The van der Waals surface area contributed by atoms with Crippen molar-refractivity contribution in [1.82, 2.24) is 4.90 Å². The first kappa shape index (κ1) is 20.3. The zero-order valence-corrected chi connectivity index (χ0v) is 16.4. The molecule has 1 heterocycles. The number of nitrogens with one attached hydrogen (secondary N) is 1. The standard InChI is InChI=1S/C18H26ClN3O4/c1-12-8-9-14(22(24)25)16(15(12)19)20-13-7-5-6-10-21(11-13)17(23)26-18(2,3)4/h8-9,13,20H,5-7,10-11H2,1-4H3/t13-/m1/s1. The highest BCUT2D eigenvalue weighted by atomic mass is 35.5. The Labute approximate surface area is 158 Å². The normalized spacial score (nSPS) is 18.2. The molecule has 1 aromatic carbocycles. The third-order valence-electron chi connectivity index (χ3n) is 4.18. The van der Waals surface area contributed by atoms with Gasteiger partial charge in [-0.1, -0.05) is 17.7 Å². The molecule has 26 heavy (non-hydrogen) atoms. The van der Waals surface area contributed by atoms with E-state index >= 15 is 0 Å². The van der Waals surface area contributed by atoms with Crippen LogP contribution in [0.15, 0.2) is 12.1 Å². The number of rotatable bonds is 3. The van der Waals surface area contributed by atoms with Crippen LogP contribution in [0.2, 0.25) is 5.02 Å². The van der Waals surface area contributed by atoms with Crippen LogP contribution in [0.3, 0.4) is 0 Å². The van der Waals surface area contributed by atoms with Crippen LogP contribution in [0.1, 0.15) is 45.6 Å². The average Bonchev–Trinajstić information content (AvgIpc) is 2.75. The van der Waals surface area contributed by atoms with Crippen LogP contribution in [0.25, 0.3) is 0 Å². The van der Waals surface area contributed by atoms with Gasteiger partial charge in [-0.2, -0.15) is 0 Å². The first-order valence-corrected chi connectivity index (χ1v) is 9.14. The van der Waals surface area contributed by atoms with Crippen molar-refractivity contribution in [2.45, 2.75) is 58.6 Å². The molecule has 8 heteroatoms. The number of amides is 1. The van der Waals surface area contributed by atoms with Crippen LogP contribution in [0.5, 0.6) is 0 Å². The first-order valence-electron chi connectivity index (χ1n) is 8.76. The maximum Gasteiger partial charge on any atom is 0.410 e. The van der Waals surface area contributed by atoms with Gasteiger partial charge in [0.2, 0.25) is 0 Å². The highest BCUT2D eigenvalue weighted by molar-refractivity contribution is 6.34. The number of carbonyl (C=O) groups excluding carboxylic acids is 1. The van der Waals surface area contributed by atoms with Crippen LogP contribution in [0.4, 0.5) is 16.2 Å². The molecular formula is C18H26ClN3O4. The number of nitrogens with zero attached hydrogens (tertiary/aromatic N) is 2. The summed E-state index contributed by atoms with van der Waals surface area (Å²) in [5.74, 6) is 0. The van der Waals surface area contributed by atoms with E-state index in [-0.39, 0.29) is 17.8 Å². The summed E-state index contributed by atoms with van der Waals surface area (Å²) in [7, 11) is 0. The molecule has 144 valence electrons. The Morgan fingerprint density at radius 2 is 2.08 bits per heavy atom. The molecule has 0 spiro atoms. The van der Waals surface area contributed by atoms with Crippen molar-refractivity contribution in [1.29, 1.82) is 0 Å². The summed E-state index contributed by atoms with van der Waals surface area (Å²) in [5, 5.41) is 14.9. The number of nitro groups is 1. The molecule has 2 rings (SSSR count). The minimum atomic E-state index is -0.565. The number of anilines is 1. The van der Waals surface area contributed by atoms with Crippen LogP contribution < -0.4 is 5.32 Å². The molecule has 0 unspecified atom stereocenters. The van der Waals surface area contributed by atoms with Gasteiger partial charge in [0, 0.05) is 25.2 Å². The van der Waals surface area contributed by atoms with Gasteiger partial charge in [0.1, 0.15) is 11.3 Å². The number of hydrogen-bond donors (Lipinski definition) is 1. The molecule has 7 nitrogen and oxygen atoms in total. The van der Waals surface area contributed by atoms with Crippen molar-refractivity contribution in [3.05, 3.63) is 32.8 Å². The molecule has 1 saturated heterocycles. The molecule has 0 saturated carbocycles. The predicted molar refractivity (Wildman–Crippen MR) is 102 cm³/mol. The predicted octanol–water partition coefficient (Wildman–Crippen LogP) is 4.76. The van der Waals surface area contributed by atoms with Gasteiger partial charge in [-0.15, -0.1) is 0 Å². The molecule has 0 bridgehead atoms. The van der Waals surface area contributed by atoms with Gasteiger partial charge in [0.15, 0.2) is 0 Å². The Kier molecular flexibility index (Phi) is 6.34. The summed E-state index contributed by atoms with van der Waals surface area (Å²) < 4.78 is 5.46. The summed E-state index contributed by atoms with van der Waals surface area (Å²) in [5.41, 5.74) is 0.448. The second-order valence-electron chi connectivity index (χ2n) is 7.61. The fourth-order valence-electron chi connectivity index (χ4n) is 2.92. The van der Waals surface area contributed by atoms with Gasteiger partial charge in [-0.05, 0) is 52.5 Å². The van der Waals surface area contributed by atoms with Crippen molar-refractivity contribution in [2.24, 2.45) is 0 Å². The smallest absolute Gasteiger partial charge is 0.410 e.